The summed E-state index contributed by atoms with van der Waals surface area (Å²) >= 11 is 0. The molecule has 0 aliphatic rings. The Bertz CT molecular complexity index is 719. The molecule has 2 aromatic rings. The molecule has 0 saturated heterocycles. The summed E-state index contributed by atoms with van der Waals surface area (Å²) in [6.45, 7) is 8.11. The highest BCUT2D eigenvalue weighted by Crippen LogP contribution is 2.39. The van der Waals surface area contributed by atoms with Crippen LogP contribution in [0.25, 0.3) is 0 Å². The molecule has 6 heteroatoms. The first-order valence-corrected chi connectivity index (χ1v) is 12.7. The minimum Gasteiger partial charge on any atom is -0.273 e. The molecule has 30 heavy (non-hydrogen) atoms. The molecule has 0 bridgehead atoms. The maximum absolute atomic E-state index is 13.2. The summed E-state index contributed by atoms with van der Waals surface area (Å²) < 4.78 is 3.44. The van der Waals surface area contributed by atoms with E-state index >= 15 is 0 Å². The third-order valence-corrected chi connectivity index (χ3v) is 7.09. The summed E-state index contributed by atoms with van der Waals surface area (Å²) in [7, 11) is 2.62. The van der Waals surface area contributed by atoms with Crippen LogP contribution in [0.1, 0.15) is 53.4 Å². The van der Waals surface area contributed by atoms with Crippen molar-refractivity contribution in [2.45, 2.75) is 53.4 Å². The minimum atomic E-state index is -0.0804. The predicted octanol–water partition coefficient (Wildman–Crippen LogP) is 7.14. The van der Waals surface area contributed by atoms with Crippen molar-refractivity contribution in [3.8, 4) is 0 Å². The molecule has 2 atom stereocenters. The molecule has 0 aliphatic carbocycles. The van der Waals surface area contributed by atoms with Crippen LogP contribution in [0.2, 0.25) is 0 Å². The smallest absolute Gasteiger partial charge is 0.240 e. The zero-order valence-corrected chi connectivity index (χ0v) is 19.9. The summed E-state index contributed by atoms with van der Waals surface area (Å²) in [5, 5.41) is 0. The molecule has 2 aromatic carbocycles. The number of para-hydroxylation sites is 2. The van der Waals surface area contributed by atoms with Crippen molar-refractivity contribution >= 4 is 45.1 Å². The standard InChI is InChI=1S/C24H32N2O2S2/c1-5-13-19(3)23(27)25(21-15-9-7-10-16-21)29-30-26(22-17-11-8-12-18-22)24(28)20(4)14-6-2/h7-12,15-20H,5-6,13-14H2,1-4H3. The van der Waals surface area contributed by atoms with Crippen LogP contribution in [-0.4, -0.2) is 11.8 Å². The Morgan fingerprint density at radius 3 is 1.33 bits per heavy atom. The number of benzene rings is 2. The highest BCUT2D eigenvalue weighted by Gasteiger charge is 2.27. The number of nitrogens with zero attached hydrogens (tertiary/aromatic N) is 2. The molecule has 162 valence electrons. The lowest BCUT2D eigenvalue weighted by Crippen LogP contribution is -2.32. The van der Waals surface area contributed by atoms with E-state index in [-0.39, 0.29) is 23.7 Å². The molecule has 0 heterocycles. The van der Waals surface area contributed by atoms with Gasteiger partial charge in [-0.1, -0.05) is 76.9 Å². The lowest BCUT2D eigenvalue weighted by Gasteiger charge is -2.28. The Labute approximate surface area is 189 Å². The second-order valence-corrected chi connectivity index (χ2v) is 9.39. The van der Waals surface area contributed by atoms with Crippen molar-refractivity contribution in [2.24, 2.45) is 11.8 Å². The van der Waals surface area contributed by atoms with Gasteiger partial charge in [-0.2, -0.15) is 0 Å². The molecule has 0 aromatic heterocycles. The summed E-state index contributed by atoms with van der Waals surface area (Å²) in [5.41, 5.74) is 1.65. The minimum absolute atomic E-state index is 0.0580. The lowest BCUT2D eigenvalue weighted by atomic mass is 10.1. The van der Waals surface area contributed by atoms with Gasteiger partial charge >= 0.3 is 0 Å². The predicted molar refractivity (Wildman–Crippen MR) is 131 cm³/mol. The first-order valence-electron chi connectivity index (χ1n) is 10.6. The molecule has 0 radical (unpaired) electrons. The van der Waals surface area contributed by atoms with Crippen LogP contribution in [-0.2, 0) is 9.59 Å². The normalized spacial score (nSPS) is 12.8. The van der Waals surface area contributed by atoms with E-state index in [9.17, 15) is 9.59 Å². The molecular weight excluding hydrogens is 412 g/mol. The Kier molecular flexibility index (Phi) is 10.3. The molecule has 0 spiro atoms. The van der Waals surface area contributed by atoms with Crippen molar-refractivity contribution in [3.05, 3.63) is 60.7 Å². The third-order valence-electron chi connectivity index (χ3n) is 4.85. The Morgan fingerprint density at radius 2 is 1.03 bits per heavy atom. The lowest BCUT2D eigenvalue weighted by molar-refractivity contribution is -0.121. The molecule has 0 N–H and O–H groups in total. The molecule has 2 amide bonds. The molecule has 0 aliphatic heterocycles. The number of amides is 2. The van der Waals surface area contributed by atoms with Gasteiger partial charge in [-0.25, -0.2) is 8.61 Å². The average Bonchev–Trinajstić information content (AvgIpc) is 2.77. The van der Waals surface area contributed by atoms with Crippen LogP contribution < -0.4 is 8.61 Å². The monoisotopic (exact) mass is 444 g/mol. The molecule has 2 rings (SSSR count). The van der Waals surface area contributed by atoms with E-state index < -0.39 is 0 Å². The highest BCUT2D eigenvalue weighted by atomic mass is 33.1. The first-order chi connectivity index (χ1) is 14.5. The van der Waals surface area contributed by atoms with E-state index in [1.807, 2.05) is 74.5 Å². The SMILES string of the molecule is CCCC(C)C(=O)N(SSN(C(=O)C(C)CCC)c1ccccc1)c1ccccc1. The van der Waals surface area contributed by atoms with Gasteiger partial charge in [-0.3, -0.25) is 9.59 Å². The molecular formula is C24H32N2O2S2. The maximum atomic E-state index is 13.2. The van der Waals surface area contributed by atoms with Crippen LogP contribution in [0.15, 0.2) is 60.7 Å². The van der Waals surface area contributed by atoms with Gasteiger partial charge in [0.2, 0.25) is 11.8 Å². The van der Waals surface area contributed by atoms with E-state index in [2.05, 4.69) is 13.8 Å². The number of carbonyl (C=O) groups excluding carboxylic acids is 2. The molecule has 0 saturated carbocycles. The Morgan fingerprint density at radius 1 is 0.700 bits per heavy atom. The van der Waals surface area contributed by atoms with Crippen LogP contribution in [0.4, 0.5) is 11.4 Å². The van der Waals surface area contributed by atoms with E-state index in [0.717, 1.165) is 37.1 Å². The van der Waals surface area contributed by atoms with Crippen LogP contribution >= 0.6 is 22.0 Å². The van der Waals surface area contributed by atoms with E-state index in [4.69, 9.17) is 0 Å². The quantitative estimate of drug-likeness (QED) is 0.273. The van der Waals surface area contributed by atoms with E-state index in [1.165, 1.54) is 22.0 Å². The Balaban J connectivity index is 2.27. The first kappa shape index (κ1) is 24.4. The van der Waals surface area contributed by atoms with Gasteiger partial charge in [0.05, 0.1) is 33.3 Å². The van der Waals surface area contributed by atoms with Gasteiger partial charge in [0, 0.05) is 11.8 Å². The second kappa shape index (κ2) is 12.7. The summed E-state index contributed by atoms with van der Waals surface area (Å²) in [6.07, 6.45) is 3.58. The van der Waals surface area contributed by atoms with Gasteiger partial charge in [0.1, 0.15) is 0 Å². The number of rotatable bonds is 11. The van der Waals surface area contributed by atoms with Crippen molar-refractivity contribution in [1.29, 1.82) is 0 Å². The third kappa shape index (κ3) is 6.81. The fraction of sp³-hybridized carbons (Fsp3) is 0.417. The summed E-state index contributed by atoms with van der Waals surface area (Å²) in [5.74, 6) is -0.0448. The number of anilines is 2. The summed E-state index contributed by atoms with van der Waals surface area (Å²) in [4.78, 5) is 26.4. The van der Waals surface area contributed by atoms with Crippen LogP contribution in [0.3, 0.4) is 0 Å². The van der Waals surface area contributed by atoms with Gasteiger partial charge < -0.3 is 0 Å². The molecule has 2 unspecified atom stereocenters. The fourth-order valence-corrected chi connectivity index (χ4v) is 5.53. The fourth-order valence-electron chi connectivity index (χ4n) is 3.12. The largest absolute Gasteiger partial charge is 0.273 e. The van der Waals surface area contributed by atoms with Gasteiger partial charge in [0.25, 0.3) is 0 Å². The van der Waals surface area contributed by atoms with Gasteiger partial charge in [-0.15, -0.1) is 0 Å². The number of hydrogen-bond donors (Lipinski definition) is 0. The zero-order valence-electron chi connectivity index (χ0n) is 18.3. The van der Waals surface area contributed by atoms with Crippen LogP contribution in [0.5, 0.6) is 0 Å². The average molecular weight is 445 g/mol. The van der Waals surface area contributed by atoms with Crippen molar-refractivity contribution in [3.63, 3.8) is 0 Å². The van der Waals surface area contributed by atoms with Crippen molar-refractivity contribution in [1.82, 2.24) is 0 Å². The van der Waals surface area contributed by atoms with Crippen molar-refractivity contribution in [2.75, 3.05) is 8.61 Å². The number of hydrogen-bond acceptors (Lipinski definition) is 4. The highest BCUT2D eigenvalue weighted by molar-refractivity contribution is 8.78. The number of carbonyl (C=O) groups is 2. The van der Waals surface area contributed by atoms with E-state index in [0.29, 0.717) is 0 Å². The zero-order chi connectivity index (χ0) is 21.9. The van der Waals surface area contributed by atoms with Gasteiger partial charge in [-0.05, 0) is 37.1 Å². The van der Waals surface area contributed by atoms with E-state index in [1.54, 1.807) is 8.61 Å². The van der Waals surface area contributed by atoms with Gasteiger partial charge in [0.15, 0.2) is 0 Å². The Hall–Kier alpha value is -1.92. The molecule has 4 nitrogen and oxygen atoms in total. The topological polar surface area (TPSA) is 40.6 Å². The van der Waals surface area contributed by atoms with Crippen LogP contribution in [0, 0.1) is 11.8 Å². The molecule has 0 fully saturated rings. The second-order valence-electron chi connectivity index (χ2n) is 7.46. The summed E-state index contributed by atoms with van der Waals surface area (Å²) in [6, 6.07) is 19.3. The maximum Gasteiger partial charge on any atom is 0.240 e. The van der Waals surface area contributed by atoms with Crippen molar-refractivity contribution < 1.29 is 9.59 Å².